The molecule has 70 valence electrons. The van der Waals surface area contributed by atoms with Crippen molar-refractivity contribution in [2.75, 3.05) is 0 Å². The number of benzene rings is 1. The SMILES string of the molecule is Clc1ccc(I)c(OC2CCC2)c1. The molecule has 0 aliphatic heterocycles. The molecule has 0 heterocycles. The van der Waals surface area contributed by atoms with Gasteiger partial charge in [-0.15, -0.1) is 0 Å². The minimum atomic E-state index is 0.423. The third-order valence-electron chi connectivity index (χ3n) is 2.24. The molecule has 1 saturated carbocycles. The van der Waals surface area contributed by atoms with E-state index in [9.17, 15) is 0 Å². The first-order valence-corrected chi connectivity index (χ1v) is 5.83. The molecule has 0 radical (unpaired) electrons. The van der Waals surface area contributed by atoms with Crippen LogP contribution in [0.1, 0.15) is 19.3 Å². The van der Waals surface area contributed by atoms with Gasteiger partial charge < -0.3 is 4.74 Å². The van der Waals surface area contributed by atoms with Gasteiger partial charge in [0.05, 0.1) is 9.67 Å². The van der Waals surface area contributed by atoms with Crippen LogP contribution in [0.25, 0.3) is 0 Å². The van der Waals surface area contributed by atoms with Crippen molar-refractivity contribution in [2.45, 2.75) is 25.4 Å². The van der Waals surface area contributed by atoms with E-state index in [2.05, 4.69) is 22.6 Å². The summed E-state index contributed by atoms with van der Waals surface area (Å²) in [6.07, 6.45) is 4.08. The zero-order chi connectivity index (χ0) is 9.26. The van der Waals surface area contributed by atoms with Crippen molar-refractivity contribution < 1.29 is 4.74 Å². The zero-order valence-corrected chi connectivity index (χ0v) is 10.0. The molecule has 1 nitrogen and oxygen atoms in total. The highest BCUT2D eigenvalue weighted by Gasteiger charge is 2.19. The molecular weight excluding hydrogens is 298 g/mol. The lowest BCUT2D eigenvalue weighted by Gasteiger charge is -2.26. The number of hydrogen-bond acceptors (Lipinski definition) is 1. The van der Waals surface area contributed by atoms with Gasteiger partial charge in [-0.1, -0.05) is 11.6 Å². The van der Waals surface area contributed by atoms with Gasteiger partial charge >= 0.3 is 0 Å². The summed E-state index contributed by atoms with van der Waals surface area (Å²) < 4.78 is 6.90. The predicted molar refractivity (Wildman–Crippen MR) is 62.4 cm³/mol. The Hall–Kier alpha value is 0.0400. The average Bonchev–Trinajstić information content (AvgIpc) is 2.03. The van der Waals surface area contributed by atoms with E-state index >= 15 is 0 Å². The van der Waals surface area contributed by atoms with Crippen LogP contribution in [0.5, 0.6) is 5.75 Å². The normalized spacial score (nSPS) is 16.8. The maximum atomic E-state index is 5.88. The van der Waals surface area contributed by atoms with Crippen LogP contribution in [-0.2, 0) is 0 Å². The van der Waals surface area contributed by atoms with Crippen LogP contribution in [0.4, 0.5) is 0 Å². The van der Waals surface area contributed by atoms with Gasteiger partial charge in [-0.05, 0) is 60.1 Å². The molecule has 0 bridgehead atoms. The largest absolute Gasteiger partial charge is 0.489 e. The summed E-state index contributed by atoms with van der Waals surface area (Å²) in [5.41, 5.74) is 0. The summed E-state index contributed by atoms with van der Waals surface area (Å²) in [4.78, 5) is 0. The third-order valence-corrected chi connectivity index (χ3v) is 3.37. The van der Waals surface area contributed by atoms with Crippen molar-refractivity contribution in [1.82, 2.24) is 0 Å². The number of hydrogen-bond donors (Lipinski definition) is 0. The lowest BCUT2D eigenvalue weighted by molar-refractivity contribution is 0.119. The van der Waals surface area contributed by atoms with E-state index in [4.69, 9.17) is 16.3 Å². The highest BCUT2D eigenvalue weighted by molar-refractivity contribution is 14.1. The Morgan fingerprint density at radius 2 is 2.15 bits per heavy atom. The Labute approximate surface area is 96.6 Å². The van der Waals surface area contributed by atoms with Crippen LogP contribution in [0.15, 0.2) is 18.2 Å². The van der Waals surface area contributed by atoms with Crippen LogP contribution < -0.4 is 4.74 Å². The molecule has 1 aliphatic carbocycles. The van der Waals surface area contributed by atoms with Crippen molar-refractivity contribution in [3.8, 4) is 5.75 Å². The lowest BCUT2D eigenvalue weighted by atomic mass is 9.96. The molecule has 0 aromatic heterocycles. The van der Waals surface area contributed by atoms with Gasteiger partial charge in [0.25, 0.3) is 0 Å². The fourth-order valence-electron chi connectivity index (χ4n) is 1.24. The Balaban J connectivity index is 2.13. The van der Waals surface area contributed by atoms with Crippen molar-refractivity contribution in [3.05, 3.63) is 26.8 Å². The smallest absolute Gasteiger partial charge is 0.134 e. The van der Waals surface area contributed by atoms with E-state index in [1.807, 2.05) is 18.2 Å². The number of ether oxygens (including phenoxy) is 1. The van der Waals surface area contributed by atoms with Crippen molar-refractivity contribution in [2.24, 2.45) is 0 Å². The third kappa shape index (κ3) is 2.29. The number of halogens is 2. The molecule has 1 fully saturated rings. The van der Waals surface area contributed by atoms with Crippen LogP contribution in [0, 0.1) is 3.57 Å². The average molecular weight is 309 g/mol. The van der Waals surface area contributed by atoms with E-state index in [-0.39, 0.29) is 0 Å². The molecule has 0 amide bonds. The summed E-state index contributed by atoms with van der Waals surface area (Å²) in [6.45, 7) is 0. The maximum Gasteiger partial charge on any atom is 0.134 e. The monoisotopic (exact) mass is 308 g/mol. The Kier molecular flexibility index (Phi) is 2.99. The van der Waals surface area contributed by atoms with Gasteiger partial charge in [-0.25, -0.2) is 0 Å². The Morgan fingerprint density at radius 3 is 2.77 bits per heavy atom. The quantitative estimate of drug-likeness (QED) is 0.754. The highest BCUT2D eigenvalue weighted by Crippen LogP contribution is 2.30. The van der Waals surface area contributed by atoms with Gasteiger partial charge in [0.2, 0.25) is 0 Å². The van der Waals surface area contributed by atoms with Crippen LogP contribution in [-0.4, -0.2) is 6.10 Å². The fourth-order valence-corrected chi connectivity index (χ4v) is 1.86. The summed E-state index contributed by atoms with van der Waals surface area (Å²) in [5.74, 6) is 0.929. The molecule has 0 spiro atoms. The van der Waals surface area contributed by atoms with Crippen LogP contribution in [0.2, 0.25) is 5.02 Å². The van der Waals surface area contributed by atoms with E-state index in [1.165, 1.54) is 19.3 Å². The van der Waals surface area contributed by atoms with Crippen molar-refractivity contribution in [1.29, 1.82) is 0 Å². The predicted octanol–water partition coefficient (Wildman–Crippen LogP) is 3.88. The minimum Gasteiger partial charge on any atom is -0.489 e. The molecule has 1 aliphatic rings. The summed E-state index contributed by atoms with van der Waals surface area (Å²) in [6, 6.07) is 5.76. The van der Waals surface area contributed by atoms with E-state index in [0.717, 1.165) is 14.3 Å². The second-order valence-corrected chi connectivity index (χ2v) is 4.84. The minimum absolute atomic E-state index is 0.423. The van der Waals surface area contributed by atoms with Gasteiger partial charge in [0.15, 0.2) is 0 Å². The van der Waals surface area contributed by atoms with E-state index < -0.39 is 0 Å². The first kappa shape index (κ1) is 9.59. The van der Waals surface area contributed by atoms with Gasteiger partial charge in [-0.2, -0.15) is 0 Å². The van der Waals surface area contributed by atoms with Gasteiger partial charge in [0, 0.05) is 5.02 Å². The molecular formula is C10H10ClIO. The van der Waals surface area contributed by atoms with Gasteiger partial charge in [0.1, 0.15) is 5.75 Å². The second kappa shape index (κ2) is 4.05. The van der Waals surface area contributed by atoms with Crippen molar-refractivity contribution >= 4 is 34.2 Å². The summed E-state index contributed by atoms with van der Waals surface area (Å²) >= 11 is 8.15. The first-order valence-electron chi connectivity index (χ1n) is 4.37. The van der Waals surface area contributed by atoms with E-state index in [1.54, 1.807) is 0 Å². The molecule has 3 heteroatoms. The molecule has 1 aromatic carbocycles. The first-order chi connectivity index (χ1) is 6.25. The zero-order valence-electron chi connectivity index (χ0n) is 7.09. The molecule has 0 saturated heterocycles. The summed E-state index contributed by atoms with van der Waals surface area (Å²) in [5, 5.41) is 0.745. The fraction of sp³-hybridized carbons (Fsp3) is 0.400. The highest BCUT2D eigenvalue weighted by atomic mass is 127. The molecule has 0 unspecified atom stereocenters. The Morgan fingerprint density at radius 1 is 1.38 bits per heavy atom. The van der Waals surface area contributed by atoms with Gasteiger partial charge in [-0.3, -0.25) is 0 Å². The molecule has 1 aromatic rings. The van der Waals surface area contributed by atoms with Crippen LogP contribution >= 0.6 is 34.2 Å². The Bertz CT molecular complexity index is 310. The second-order valence-electron chi connectivity index (χ2n) is 3.25. The number of rotatable bonds is 2. The molecule has 2 rings (SSSR count). The lowest BCUT2D eigenvalue weighted by Crippen LogP contribution is -2.24. The standard InChI is InChI=1S/C10H10ClIO/c11-7-4-5-9(12)10(6-7)13-8-2-1-3-8/h4-6,8H,1-3H2. The molecule has 13 heavy (non-hydrogen) atoms. The molecule has 0 N–H and O–H groups in total. The van der Waals surface area contributed by atoms with E-state index in [0.29, 0.717) is 6.10 Å². The topological polar surface area (TPSA) is 9.23 Å². The maximum absolute atomic E-state index is 5.88. The summed E-state index contributed by atoms with van der Waals surface area (Å²) in [7, 11) is 0. The van der Waals surface area contributed by atoms with Crippen molar-refractivity contribution in [3.63, 3.8) is 0 Å². The molecule has 0 atom stereocenters. The van der Waals surface area contributed by atoms with Crippen LogP contribution in [0.3, 0.4) is 0 Å².